The maximum absolute atomic E-state index is 10.0. The van der Waals surface area contributed by atoms with Crippen LogP contribution < -0.4 is 0 Å². The van der Waals surface area contributed by atoms with Crippen LogP contribution in [-0.2, 0) is 0 Å². The second-order valence-electron chi connectivity index (χ2n) is 4.17. The lowest BCUT2D eigenvalue weighted by atomic mass is 9.73. The molecule has 2 rings (SSSR count). The SMILES string of the molecule is CC(C1CCC1)C(O)c1cncnc1. The van der Waals surface area contributed by atoms with Crippen LogP contribution >= 0.6 is 0 Å². The molecule has 1 aromatic heterocycles. The van der Waals surface area contributed by atoms with Gasteiger partial charge in [-0.3, -0.25) is 0 Å². The van der Waals surface area contributed by atoms with Crippen LogP contribution in [0.2, 0.25) is 0 Å². The maximum Gasteiger partial charge on any atom is 0.115 e. The van der Waals surface area contributed by atoms with Gasteiger partial charge < -0.3 is 5.11 Å². The van der Waals surface area contributed by atoms with Gasteiger partial charge in [0.2, 0.25) is 0 Å². The molecule has 1 saturated carbocycles. The minimum Gasteiger partial charge on any atom is -0.388 e. The molecule has 1 aliphatic rings. The van der Waals surface area contributed by atoms with Gasteiger partial charge in [-0.2, -0.15) is 0 Å². The number of nitrogens with zero attached hydrogens (tertiary/aromatic N) is 2. The van der Waals surface area contributed by atoms with E-state index in [4.69, 9.17) is 0 Å². The molecular formula is C11H16N2O. The second-order valence-corrected chi connectivity index (χ2v) is 4.17. The predicted octanol–water partition coefficient (Wildman–Crippen LogP) is 1.95. The van der Waals surface area contributed by atoms with Gasteiger partial charge in [0.05, 0.1) is 6.10 Å². The summed E-state index contributed by atoms with van der Waals surface area (Å²) in [5.41, 5.74) is 0.840. The summed E-state index contributed by atoms with van der Waals surface area (Å²) in [6.07, 6.45) is 8.32. The standard InChI is InChI=1S/C11H16N2O/c1-8(9-3-2-4-9)11(14)10-5-12-7-13-6-10/h5-9,11,14H,2-4H2,1H3. The van der Waals surface area contributed by atoms with E-state index in [1.54, 1.807) is 12.4 Å². The number of hydrogen-bond acceptors (Lipinski definition) is 3. The highest BCUT2D eigenvalue weighted by atomic mass is 16.3. The lowest BCUT2D eigenvalue weighted by molar-refractivity contribution is 0.0529. The molecular weight excluding hydrogens is 176 g/mol. The predicted molar refractivity (Wildman–Crippen MR) is 53.5 cm³/mol. The lowest BCUT2D eigenvalue weighted by Gasteiger charge is -2.34. The highest BCUT2D eigenvalue weighted by Gasteiger charge is 2.29. The van der Waals surface area contributed by atoms with Gasteiger partial charge in [0, 0.05) is 18.0 Å². The Morgan fingerprint density at radius 1 is 1.36 bits per heavy atom. The molecule has 2 unspecified atom stereocenters. The average molecular weight is 192 g/mol. The maximum atomic E-state index is 10.0. The first-order valence-corrected chi connectivity index (χ1v) is 5.22. The fraction of sp³-hybridized carbons (Fsp3) is 0.636. The highest BCUT2D eigenvalue weighted by Crippen LogP contribution is 2.39. The molecule has 76 valence electrons. The van der Waals surface area contributed by atoms with Crippen LogP contribution in [-0.4, -0.2) is 15.1 Å². The lowest BCUT2D eigenvalue weighted by Crippen LogP contribution is -2.25. The zero-order valence-corrected chi connectivity index (χ0v) is 8.43. The van der Waals surface area contributed by atoms with Gasteiger partial charge in [0.1, 0.15) is 6.33 Å². The Hall–Kier alpha value is -0.960. The molecule has 0 aromatic carbocycles. The Kier molecular flexibility index (Phi) is 2.77. The number of aliphatic hydroxyl groups is 1. The van der Waals surface area contributed by atoms with E-state index in [2.05, 4.69) is 16.9 Å². The molecule has 14 heavy (non-hydrogen) atoms. The molecule has 3 heteroatoms. The molecule has 0 saturated heterocycles. The Morgan fingerprint density at radius 2 is 2.00 bits per heavy atom. The second kappa shape index (κ2) is 4.05. The quantitative estimate of drug-likeness (QED) is 0.796. The van der Waals surface area contributed by atoms with E-state index in [1.165, 1.54) is 25.6 Å². The van der Waals surface area contributed by atoms with Gasteiger partial charge in [-0.1, -0.05) is 26.2 Å². The van der Waals surface area contributed by atoms with Crippen molar-refractivity contribution in [2.75, 3.05) is 0 Å². The van der Waals surface area contributed by atoms with Crippen molar-refractivity contribution in [2.45, 2.75) is 32.3 Å². The first kappa shape index (κ1) is 9.59. The summed E-state index contributed by atoms with van der Waals surface area (Å²) < 4.78 is 0. The van der Waals surface area contributed by atoms with Crippen LogP contribution in [0.5, 0.6) is 0 Å². The van der Waals surface area contributed by atoms with Crippen molar-refractivity contribution in [1.29, 1.82) is 0 Å². The molecule has 1 aromatic rings. The Balaban J connectivity index is 2.03. The van der Waals surface area contributed by atoms with Crippen LogP contribution in [0.1, 0.15) is 37.9 Å². The van der Waals surface area contributed by atoms with Gasteiger partial charge in [-0.25, -0.2) is 9.97 Å². The van der Waals surface area contributed by atoms with Crippen molar-refractivity contribution in [3.05, 3.63) is 24.3 Å². The smallest absolute Gasteiger partial charge is 0.115 e. The van der Waals surface area contributed by atoms with Crippen LogP contribution in [0.25, 0.3) is 0 Å². The first-order valence-electron chi connectivity index (χ1n) is 5.22. The number of rotatable bonds is 3. The molecule has 1 aliphatic carbocycles. The van der Waals surface area contributed by atoms with Gasteiger partial charge in [0.15, 0.2) is 0 Å². The minimum atomic E-state index is -0.401. The van der Waals surface area contributed by atoms with E-state index >= 15 is 0 Å². The Labute approximate surface area is 84.2 Å². The van der Waals surface area contributed by atoms with Crippen molar-refractivity contribution >= 4 is 0 Å². The summed E-state index contributed by atoms with van der Waals surface area (Å²) in [7, 11) is 0. The number of aromatic nitrogens is 2. The third kappa shape index (κ3) is 1.77. The third-order valence-electron chi connectivity index (χ3n) is 3.31. The molecule has 0 radical (unpaired) electrons. The molecule has 0 bridgehead atoms. The van der Waals surface area contributed by atoms with Crippen LogP contribution in [0.4, 0.5) is 0 Å². The van der Waals surface area contributed by atoms with E-state index in [0.717, 1.165) is 5.56 Å². The third-order valence-corrected chi connectivity index (χ3v) is 3.31. The molecule has 0 aliphatic heterocycles. The zero-order chi connectivity index (χ0) is 9.97. The summed E-state index contributed by atoms with van der Waals surface area (Å²) in [6, 6.07) is 0. The zero-order valence-electron chi connectivity index (χ0n) is 8.43. The van der Waals surface area contributed by atoms with Crippen molar-refractivity contribution in [1.82, 2.24) is 9.97 Å². The van der Waals surface area contributed by atoms with E-state index in [1.807, 2.05) is 0 Å². The van der Waals surface area contributed by atoms with E-state index in [0.29, 0.717) is 11.8 Å². The highest BCUT2D eigenvalue weighted by molar-refractivity contribution is 5.08. The summed E-state index contributed by atoms with van der Waals surface area (Å²) in [5.74, 6) is 1.01. The van der Waals surface area contributed by atoms with E-state index in [-0.39, 0.29) is 0 Å². The first-order chi connectivity index (χ1) is 6.79. The number of aliphatic hydroxyl groups excluding tert-OH is 1. The number of hydrogen-bond donors (Lipinski definition) is 1. The van der Waals surface area contributed by atoms with Gasteiger partial charge in [-0.05, 0) is 11.8 Å². The van der Waals surface area contributed by atoms with E-state index in [9.17, 15) is 5.11 Å². The minimum absolute atomic E-state index is 0.328. The Morgan fingerprint density at radius 3 is 2.50 bits per heavy atom. The van der Waals surface area contributed by atoms with Crippen LogP contribution in [0, 0.1) is 11.8 Å². The van der Waals surface area contributed by atoms with Crippen molar-refractivity contribution < 1.29 is 5.11 Å². The summed E-state index contributed by atoms with van der Waals surface area (Å²) in [6.45, 7) is 2.11. The summed E-state index contributed by atoms with van der Waals surface area (Å²) >= 11 is 0. The summed E-state index contributed by atoms with van der Waals surface area (Å²) in [4.78, 5) is 7.84. The molecule has 1 N–H and O–H groups in total. The van der Waals surface area contributed by atoms with Gasteiger partial charge >= 0.3 is 0 Å². The summed E-state index contributed by atoms with van der Waals surface area (Å²) in [5, 5.41) is 10.0. The van der Waals surface area contributed by atoms with Gasteiger partial charge in [-0.15, -0.1) is 0 Å². The molecule has 1 heterocycles. The molecule has 0 spiro atoms. The van der Waals surface area contributed by atoms with Crippen LogP contribution in [0.3, 0.4) is 0 Å². The van der Waals surface area contributed by atoms with Crippen molar-refractivity contribution in [2.24, 2.45) is 11.8 Å². The molecule has 3 nitrogen and oxygen atoms in total. The fourth-order valence-electron chi connectivity index (χ4n) is 1.99. The van der Waals surface area contributed by atoms with Crippen molar-refractivity contribution in [3.8, 4) is 0 Å². The largest absolute Gasteiger partial charge is 0.388 e. The Bertz CT molecular complexity index is 285. The topological polar surface area (TPSA) is 46.0 Å². The van der Waals surface area contributed by atoms with Gasteiger partial charge in [0.25, 0.3) is 0 Å². The van der Waals surface area contributed by atoms with E-state index < -0.39 is 6.10 Å². The fourth-order valence-corrected chi connectivity index (χ4v) is 1.99. The molecule has 2 atom stereocenters. The average Bonchev–Trinajstić information content (AvgIpc) is 2.15. The van der Waals surface area contributed by atoms with Crippen LogP contribution in [0.15, 0.2) is 18.7 Å². The van der Waals surface area contributed by atoms with Crippen molar-refractivity contribution in [3.63, 3.8) is 0 Å². The molecule has 1 fully saturated rings. The monoisotopic (exact) mass is 192 g/mol. The normalized spacial score (nSPS) is 21.3. The molecule has 0 amide bonds.